The zero-order chi connectivity index (χ0) is 13.8. The first-order valence-corrected chi connectivity index (χ1v) is 6.20. The first kappa shape index (κ1) is 14.8. The zero-order valence-corrected chi connectivity index (χ0v) is 11.2. The van der Waals surface area contributed by atoms with Crippen LogP contribution in [-0.4, -0.2) is 53.3 Å². The number of nitrogens with zero attached hydrogens (tertiary/aromatic N) is 1. The highest BCUT2D eigenvalue weighted by atomic mass is 16.6. The van der Waals surface area contributed by atoms with Crippen molar-refractivity contribution < 1.29 is 19.4 Å². The van der Waals surface area contributed by atoms with E-state index in [1.807, 2.05) is 25.7 Å². The fourth-order valence-electron chi connectivity index (χ4n) is 1.98. The summed E-state index contributed by atoms with van der Waals surface area (Å²) in [7, 11) is 0. The van der Waals surface area contributed by atoms with Crippen molar-refractivity contribution in [1.82, 2.24) is 10.2 Å². The number of piperidine rings is 1. The molecule has 6 heteroatoms. The Morgan fingerprint density at radius 3 is 2.67 bits per heavy atom. The van der Waals surface area contributed by atoms with Gasteiger partial charge in [0, 0.05) is 12.6 Å². The van der Waals surface area contributed by atoms with E-state index in [1.165, 1.54) is 0 Å². The second-order valence-electron chi connectivity index (χ2n) is 5.61. The van der Waals surface area contributed by atoms with Gasteiger partial charge in [-0.15, -0.1) is 0 Å². The van der Waals surface area contributed by atoms with Crippen LogP contribution in [0.5, 0.6) is 0 Å². The number of ether oxygens (including phenoxy) is 1. The molecule has 18 heavy (non-hydrogen) atoms. The van der Waals surface area contributed by atoms with E-state index in [9.17, 15) is 9.59 Å². The summed E-state index contributed by atoms with van der Waals surface area (Å²) >= 11 is 0. The third kappa shape index (κ3) is 5.86. The van der Waals surface area contributed by atoms with Crippen LogP contribution in [-0.2, 0) is 9.53 Å². The Hall–Kier alpha value is -1.30. The van der Waals surface area contributed by atoms with E-state index >= 15 is 0 Å². The van der Waals surface area contributed by atoms with Gasteiger partial charge in [0.25, 0.3) is 0 Å². The van der Waals surface area contributed by atoms with Gasteiger partial charge in [-0.3, -0.25) is 9.69 Å². The molecule has 1 fully saturated rings. The number of alkyl carbamates (subject to hydrolysis) is 1. The Bertz CT molecular complexity index is 312. The van der Waals surface area contributed by atoms with Crippen LogP contribution < -0.4 is 5.32 Å². The molecule has 1 aliphatic rings. The molecule has 1 atom stereocenters. The van der Waals surface area contributed by atoms with Crippen molar-refractivity contribution in [2.75, 3.05) is 19.6 Å². The van der Waals surface area contributed by atoms with Gasteiger partial charge in [0.2, 0.25) is 0 Å². The van der Waals surface area contributed by atoms with E-state index in [0.29, 0.717) is 6.54 Å². The zero-order valence-electron chi connectivity index (χ0n) is 11.2. The minimum Gasteiger partial charge on any atom is -0.480 e. The standard InChI is InChI=1S/C12H22N2O4/c1-12(2,3)18-11(17)13-9-5-4-6-14(7-9)8-10(15)16/h9H,4-8H2,1-3H3,(H,13,17)(H,15,16)/t9-/m0/s1. The van der Waals surface area contributed by atoms with Crippen LogP contribution in [0.1, 0.15) is 33.6 Å². The van der Waals surface area contributed by atoms with Crippen molar-refractivity contribution >= 4 is 12.1 Å². The quantitative estimate of drug-likeness (QED) is 0.791. The van der Waals surface area contributed by atoms with Gasteiger partial charge in [-0.25, -0.2) is 4.79 Å². The summed E-state index contributed by atoms with van der Waals surface area (Å²) in [5.41, 5.74) is -0.514. The summed E-state index contributed by atoms with van der Waals surface area (Å²) in [6, 6.07) is -0.0343. The highest BCUT2D eigenvalue weighted by molar-refractivity contribution is 5.69. The lowest BCUT2D eigenvalue weighted by Crippen LogP contribution is -2.49. The monoisotopic (exact) mass is 258 g/mol. The lowest BCUT2D eigenvalue weighted by atomic mass is 10.1. The van der Waals surface area contributed by atoms with Crippen LogP contribution >= 0.6 is 0 Å². The number of amides is 1. The number of carboxylic acid groups (broad SMARTS) is 1. The topological polar surface area (TPSA) is 78.9 Å². The molecule has 0 saturated carbocycles. The number of nitrogens with one attached hydrogen (secondary N) is 1. The molecule has 0 unspecified atom stereocenters. The molecule has 0 aromatic heterocycles. The van der Waals surface area contributed by atoms with Crippen LogP contribution in [0.4, 0.5) is 4.79 Å². The van der Waals surface area contributed by atoms with E-state index in [2.05, 4.69) is 5.32 Å². The molecule has 1 saturated heterocycles. The lowest BCUT2D eigenvalue weighted by Gasteiger charge is -2.32. The molecule has 0 aromatic rings. The summed E-state index contributed by atoms with van der Waals surface area (Å²) in [5, 5.41) is 11.5. The predicted octanol–water partition coefficient (Wildman–Crippen LogP) is 1.06. The highest BCUT2D eigenvalue weighted by Crippen LogP contribution is 2.11. The Kier molecular flexibility index (Phi) is 4.95. The summed E-state index contributed by atoms with van der Waals surface area (Å²) < 4.78 is 5.17. The Balaban J connectivity index is 2.38. The largest absolute Gasteiger partial charge is 0.480 e. The summed E-state index contributed by atoms with van der Waals surface area (Å²) in [4.78, 5) is 24.0. The molecule has 1 aliphatic heterocycles. The van der Waals surface area contributed by atoms with Crippen LogP contribution in [0.3, 0.4) is 0 Å². The molecule has 6 nitrogen and oxygen atoms in total. The summed E-state index contributed by atoms with van der Waals surface area (Å²) in [5.74, 6) is -0.840. The molecule has 0 aromatic carbocycles. The number of carbonyl (C=O) groups is 2. The molecule has 104 valence electrons. The number of rotatable bonds is 3. The SMILES string of the molecule is CC(C)(C)OC(=O)N[C@H]1CCCN(CC(=O)O)C1. The van der Waals surface area contributed by atoms with E-state index < -0.39 is 17.7 Å². The smallest absolute Gasteiger partial charge is 0.407 e. The number of hydrogen-bond acceptors (Lipinski definition) is 4. The van der Waals surface area contributed by atoms with Gasteiger partial charge in [-0.05, 0) is 40.2 Å². The van der Waals surface area contributed by atoms with Gasteiger partial charge >= 0.3 is 12.1 Å². The van der Waals surface area contributed by atoms with E-state index in [1.54, 1.807) is 0 Å². The molecule has 1 rings (SSSR count). The third-order valence-electron chi connectivity index (χ3n) is 2.59. The molecule has 0 radical (unpaired) electrons. The average molecular weight is 258 g/mol. The van der Waals surface area contributed by atoms with Gasteiger partial charge in [0.1, 0.15) is 5.60 Å². The fraction of sp³-hybridized carbons (Fsp3) is 0.833. The summed E-state index contributed by atoms with van der Waals surface area (Å²) in [6.07, 6.45) is 1.30. The Morgan fingerprint density at radius 2 is 2.11 bits per heavy atom. The van der Waals surface area contributed by atoms with Gasteiger partial charge < -0.3 is 15.2 Å². The van der Waals surface area contributed by atoms with Crippen LogP contribution in [0.25, 0.3) is 0 Å². The van der Waals surface area contributed by atoms with Crippen LogP contribution in [0.15, 0.2) is 0 Å². The van der Waals surface area contributed by atoms with Gasteiger partial charge in [0.05, 0.1) is 6.54 Å². The first-order valence-electron chi connectivity index (χ1n) is 6.20. The van der Waals surface area contributed by atoms with E-state index in [4.69, 9.17) is 9.84 Å². The minimum atomic E-state index is -0.840. The number of hydrogen-bond donors (Lipinski definition) is 2. The van der Waals surface area contributed by atoms with Crippen molar-refractivity contribution in [2.24, 2.45) is 0 Å². The maximum absolute atomic E-state index is 11.6. The van der Waals surface area contributed by atoms with Crippen molar-refractivity contribution in [3.05, 3.63) is 0 Å². The molecule has 0 bridgehead atoms. The Labute approximate surface area is 107 Å². The second-order valence-corrected chi connectivity index (χ2v) is 5.61. The molecular formula is C12H22N2O4. The highest BCUT2D eigenvalue weighted by Gasteiger charge is 2.24. The fourth-order valence-corrected chi connectivity index (χ4v) is 1.98. The molecular weight excluding hydrogens is 236 g/mol. The van der Waals surface area contributed by atoms with Crippen LogP contribution in [0.2, 0.25) is 0 Å². The third-order valence-corrected chi connectivity index (χ3v) is 2.59. The molecule has 1 amide bonds. The maximum atomic E-state index is 11.6. The summed E-state index contributed by atoms with van der Waals surface area (Å²) in [6.45, 7) is 6.77. The predicted molar refractivity (Wildman–Crippen MR) is 66.5 cm³/mol. The number of carboxylic acids is 1. The normalized spacial score (nSPS) is 21.4. The van der Waals surface area contributed by atoms with Crippen molar-refractivity contribution in [3.8, 4) is 0 Å². The van der Waals surface area contributed by atoms with Gasteiger partial charge in [-0.2, -0.15) is 0 Å². The average Bonchev–Trinajstić information content (AvgIpc) is 2.13. The number of aliphatic carboxylic acids is 1. The number of likely N-dealkylation sites (tertiary alicyclic amines) is 1. The molecule has 2 N–H and O–H groups in total. The van der Waals surface area contributed by atoms with Crippen molar-refractivity contribution in [1.29, 1.82) is 0 Å². The molecule has 0 spiro atoms. The first-order chi connectivity index (χ1) is 8.26. The lowest BCUT2D eigenvalue weighted by molar-refractivity contribution is -0.138. The van der Waals surface area contributed by atoms with Gasteiger partial charge in [-0.1, -0.05) is 0 Å². The van der Waals surface area contributed by atoms with E-state index in [-0.39, 0.29) is 12.6 Å². The van der Waals surface area contributed by atoms with E-state index in [0.717, 1.165) is 19.4 Å². The molecule has 0 aliphatic carbocycles. The van der Waals surface area contributed by atoms with Crippen molar-refractivity contribution in [3.63, 3.8) is 0 Å². The van der Waals surface area contributed by atoms with Gasteiger partial charge in [0.15, 0.2) is 0 Å². The minimum absolute atomic E-state index is 0.0203. The molecule has 1 heterocycles. The Morgan fingerprint density at radius 1 is 1.44 bits per heavy atom. The number of carbonyl (C=O) groups excluding carboxylic acids is 1. The van der Waals surface area contributed by atoms with Crippen molar-refractivity contribution in [2.45, 2.75) is 45.3 Å². The second kappa shape index (κ2) is 6.04. The van der Waals surface area contributed by atoms with Crippen LogP contribution in [0, 0.1) is 0 Å². The maximum Gasteiger partial charge on any atom is 0.407 e.